The highest BCUT2D eigenvalue weighted by Gasteiger charge is 2.39. The summed E-state index contributed by atoms with van der Waals surface area (Å²) in [5.41, 5.74) is 0. The molecule has 0 fully saturated rings. The van der Waals surface area contributed by atoms with Gasteiger partial charge in [0.25, 0.3) is 0 Å². The standard InChI is InChI=1S/C24H50O2Si/c1-8-9-10-11-12-13-14-15-16-17-18-19-20-21-23(22(2)25)26-27(6,7)24(3,4)5/h23H,8-21H2,1-7H3/t23-/m1/s1. The molecular formula is C24H50O2Si. The molecule has 0 saturated carbocycles. The van der Waals surface area contributed by atoms with E-state index in [0.29, 0.717) is 0 Å². The van der Waals surface area contributed by atoms with Crippen LogP contribution in [-0.4, -0.2) is 20.2 Å². The summed E-state index contributed by atoms with van der Waals surface area (Å²) in [6.45, 7) is 15.2. The molecule has 1 atom stereocenters. The molecule has 0 spiro atoms. The topological polar surface area (TPSA) is 26.3 Å². The van der Waals surface area contributed by atoms with Crippen molar-refractivity contribution in [3.05, 3.63) is 0 Å². The van der Waals surface area contributed by atoms with Crippen LogP contribution in [0.5, 0.6) is 0 Å². The molecule has 0 aliphatic carbocycles. The molecule has 0 aromatic carbocycles. The third kappa shape index (κ3) is 13.6. The van der Waals surface area contributed by atoms with Gasteiger partial charge in [0.2, 0.25) is 0 Å². The van der Waals surface area contributed by atoms with Gasteiger partial charge in [-0.25, -0.2) is 0 Å². The van der Waals surface area contributed by atoms with Gasteiger partial charge < -0.3 is 4.43 Å². The maximum Gasteiger partial charge on any atom is 0.193 e. The molecule has 0 unspecified atom stereocenters. The average Bonchev–Trinajstić information content (AvgIpc) is 2.56. The van der Waals surface area contributed by atoms with Gasteiger partial charge in [-0.1, -0.05) is 111 Å². The van der Waals surface area contributed by atoms with Gasteiger partial charge in [0.05, 0.1) is 0 Å². The first-order valence-electron chi connectivity index (χ1n) is 11.8. The minimum absolute atomic E-state index is 0.163. The molecule has 27 heavy (non-hydrogen) atoms. The molecule has 0 rings (SSSR count). The monoisotopic (exact) mass is 398 g/mol. The van der Waals surface area contributed by atoms with Crippen molar-refractivity contribution >= 4 is 14.1 Å². The number of Topliss-reactive ketones (excluding diaryl/α,β-unsaturated/α-hetero) is 1. The summed E-state index contributed by atoms with van der Waals surface area (Å²) in [7, 11) is -1.86. The van der Waals surface area contributed by atoms with E-state index in [0.717, 1.165) is 12.8 Å². The Morgan fingerprint density at radius 1 is 0.778 bits per heavy atom. The van der Waals surface area contributed by atoms with Crippen LogP contribution in [0, 0.1) is 0 Å². The molecule has 0 N–H and O–H groups in total. The van der Waals surface area contributed by atoms with Crippen molar-refractivity contribution in [2.75, 3.05) is 0 Å². The Bertz CT molecular complexity index is 371. The molecule has 0 aliphatic rings. The largest absolute Gasteiger partial charge is 0.407 e. The highest BCUT2D eigenvalue weighted by atomic mass is 28.4. The molecule has 0 heterocycles. The van der Waals surface area contributed by atoms with Gasteiger partial charge in [0.1, 0.15) is 6.10 Å². The van der Waals surface area contributed by atoms with Crippen molar-refractivity contribution in [1.82, 2.24) is 0 Å². The fraction of sp³-hybridized carbons (Fsp3) is 0.958. The van der Waals surface area contributed by atoms with Crippen LogP contribution in [0.3, 0.4) is 0 Å². The maximum absolute atomic E-state index is 12.0. The fourth-order valence-corrected chi connectivity index (χ4v) is 4.57. The highest BCUT2D eigenvalue weighted by molar-refractivity contribution is 6.74. The Morgan fingerprint density at radius 2 is 1.15 bits per heavy atom. The van der Waals surface area contributed by atoms with Crippen LogP contribution in [0.4, 0.5) is 0 Å². The Balaban J connectivity index is 3.73. The van der Waals surface area contributed by atoms with Gasteiger partial charge in [-0.15, -0.1) is 0 Å². The second kappa shape index (κ2) is 14.8. The predicted molar refractivity (Wildman–Crippen MR) is 123 cm³/mol. The Hall–Kier alpha value is -0.153. The molecule has 0 saturated heterocycles. The summed E-state index contributed by atoms with van der Waals surface area (Å²) < 4.78 is 6.36. The minimum atomic E-state index is -1.86. The van der Waals surface area contributed by atoms with Crippen LogP contribution in [0.2, 0.25) is 18.1 Å². The summed E-state index contributed by atoms with van der Waals surface area (Å²) in [5, 5.41) is 0.163. The average molecular weight is 399 g/mol. The second-order valence-corrected chi connectivity index (χ2v) is 14.8. The van der Waals surface area contributed by atoms with E-state index in [1.165, 1.54) is 77.0 Å². The molecule has 162 valence electrons. The summed E-state index contributed by atoms with van der Waals surface area (Å²) in [5.74, 6) is 0.207. The lowest BCUT2D eigenvalue weighted by molar-refractivity contribution is -0.124. The van der Waals surface area contributed by atoms with E-state index in [-0.39, 0.29) is 16.9 Å². The van der Waals surface area contributed by atoms with E-state index in [1.807, 2.05) is 0 Å². The van der Waals surface area contributed by atoms with Gasteiger partial charge in [-0.05, 0) is 31.5 Å². The van der Waals surface area contributed by atoms with Crippen LogP contribution >= 0.6 is 0 Å². The number of ketones is 1. The van der Waals surface area contributed by atoms with Gasteiger partial charge >= 0.3 is 0 Å². The first-order valence-corrected chi connectivity index (χ1v) is 14.7. The smallest absolute Gasteiger partial charge is 0.193 e. The van der Waals surface area contributed by atoms with E-state index in [9.17, 15) is 4.79 Å². The maximum atomic E-state index is 12.0. The van der Waals surface area contributed by atoms with Gasteiger partial charge in [0.15, 0.2) is 14.1 Å². The number of carbonyl (C=O) groups is 1. The number of rotatable bonds is 17. The van der Waals surface area contributed by atoms with E-state index in [4.69, 9.17) is 4.43 Å². The summed E-state index contributed by atoms with van der Waals surface area (Å²) >= 11 is 0. The summed E-state index contributed by atoms with van der Waals surface area (Å²) in [4.78, 5) is 12.0. The van der Waals surface area contributed by atoms with E-state index >= 15 is 0 Å². The fourth-order valence-electron chi connectivity index (χ4n) is 3.23. The summed E-state index contributed by atoms with van der Waals surface area (Å²) in [6.07, 6.45) is 18.4. The zero-order chi connectivity index (χ0) is 20.8. The van der Waals surface area contributed by atoms with Crippen molar-refractivity contribution in [3.8, 4) is 0 Å². The van der Waals surface area contributed by atoms with Crippen LogP contribution in [0.1, 0.15) is 125 Å². The first kappa shape index (κ1) is 26.8. The number of hydrogen-bond donors (Lipinski definition) is 0. The zero-order valence-electron chi connectivity index (χ0n) is 19.8. The van der Waals surface area contributed by atoms with Crippen molar-refractivity contribution in [2.24, 2.45) is 0 Å². The molecular weight excluding hydrogens is 348 g/mol. The molecule has 0 bridgehead atoms. The Kier molecular flexibility index (Phi) is 14.7. The zero-order valence-corrected chi connectivity index (χ0v) is 20.8. The SMILES string of the molecule is CCCCCCCCCCCCCCC[C@@H](O[Si](C)(C)C(C)(C)C)C(C)=O. The predicted octanol–water partition coefficient (Wildman–Crippen LogP) is 8.45. The van der Waals surface area contributed by atoms with Crippen molar-refractivity contribution in [2.45, 2.75) is 149 Å². The summed E-state index contributed by atoms with van der Waals surface area (Å²) in [6, 6.07) is 0. The highest BCUT2D eigenvalue weighted by Crippen LogP contribution is 2.37. The third-order valence-corrected chi connectivity index (χ3v) is 10.8. The number of hydrogen-bond acceptors (Lipinski definition) is 2. The first-order chi connectivity index (χ1) is 12.6. The van der Waals surface area contributed by atoms with Gasteiger partial charge in [-0.2, -0.15) is 0 Å². The minimum Gasteiger partial charge on any atom is -0.407 e. The third-order valence-electron chi connectivity index (χ3n) is 6.27. The molecule has 0 aliphatic heterocycles. The normalized spacial score (nSPS) is 13.7. The Morgan fingerprint density at radius 3 is 1.48 bits per heavy atom. The molecule has 0 aromatic heterocycles. The Labute approximate surface area is 172 Å². The van der Waals surface area contributed by atoms with E-state index < -0.39 is 8.32 Å². The number of carbonyl (C=O) groups excluding carboxylic acids is 1. The van der Waals surface area contributed by atoms with Gasteiger partial charge in [-0.3, -0.25) is 4.79 Å². The van der Waals surface area contributed by atoms with Crippen LogP contribution in [0.25, 0.3) is 0 Å². The van der Waals surface area contributed by atoms with E-state index in [2.05, 4.69) is 40.8 Å². The molecule has 3 heteroatoms. The molecule has 2 nitrogen and oxygen atoms in total. The number of unbranched alkanes of at least 4 members (excludes halogenated alkanes) is 12. The lowest BCUT2D eigenvalue weighted by atomic mass is 10.0. The van der Waals surface area contributed by atoms with Crippen LogP contribution in [0.15, 0.2) is 0 Å². The molecule has 0 radical (unpaired) electrons. The van der Waals surface area contributed by atoms with Crippen LogP contribution in [-0.2, 0) is 9.22 Å². The molecule has 0 amide bonds. The van der Waals surface area contributed by atoms with E-state index in [1.54, 1.807) is 6.92 Å². The second-order valence-electron chi connectivity index (χ2n) is 10.0. The molecule has 0 aromatic rings. The lowest BCUT2D eigenvalue weighted by Gasteiger charge is -2.38. The van der Waals surface area contributed by atoms with Gasteiger partial charge in [0, 0.05) is 0 Å². The quantitative estimate of drug-likeness (QED) is 0.181. The lowest BCUT2D eigenvalue weighted by Crippen LogP contribution is -2.45. The van der Waals surface area contributed by atoms with Crippen molar-refractivity contribution < 1.29 is 9.22 Å². The van der Waals surface area contributed by atoms with Crippen molar-refractivity contribution in [1.29, 1.82) is 0 Å². The van der Waals surface area contributed by atoms with Crippen molar-refractivity contribution in [3.63, 3.8) is 0 Å². The van der Waals surface area contributed by atoms with Crippen LogP contribution < -0.4 is 0 Å².